The van der Waals surface area contributed by atoms with E-state index in [2.05, 4.69) is 41.4 Å². The molecule has 4 rings (SSSR count). The summed E-state index contributed by atoms with van der Waals surface area (Å²) in [6.07, 6.45) is 0. The first-order chi connectivity index (χ1) is 16.0. The van der Waals surface area contributed by atoms with Crippen molar-refractivity contribution in [3.8, 4) is 11.8 Å². The summed E-state index contributed by atoms with van der Waals surface area (Å²) in [6, 6.07) is 8.22. The summed E-state index contributed by atoms with van der Waals surface area (Å²) in [7, 11) is -2.24. The molecule has 0 saturated heterocycles. The lowest BCUT2D eigenvalue weighted by atomic mass is 9.91. The minimum absolute atomic E-state index is 0.109. The molecule has 0 spiro atoms. The highest BCUT2D eigenvalue weighted by Gasteiger charge is 2.26. The Bertz CT molecular complexity index is 1560. The maximum absolute atomic E-state index is 12.0. The number of hydrogen-bond donors (Lipinski definition) is 2. The van der Waals surface area contributed by atoms with Crippen molar-refractivity contribution in [3.05, 3.63) is 47.0 Å². The van der Waals surface area contributed by atoms with Gasteiger partial charge >= 0.3 is 0 Å². The molecule has 0 radical (unpaired) electrons. The minimum atomic E-state index is -3.58. The fourth-order valence-corrected chi connectivity index (χ4v) is 4.17. The zero-order valence-electron chi connectivity index (χ0n) is 19.6. The highest BCUT2D eigenvalue weighted by Crippen LogP contribution is 2.36. The molecule has 13 heteroatoms. The molecule has 0 fully saturated rings. The van der Waals surface area contributed by atoms with Gasteiger partial charge in [0.05, 0.1) is 22.0 Å². The van der Waals surface area contributed by atoms with Crippen molar-refractivity contribution < 1.29 is 8.42 Å². The second kappa shape index (κ2) is 8.15. The first-order valence-electron chi connectivity index (χ1n) is 10.4. The van der Waals surface area contributed by atoms with Gasteiger partial charge in [-0.3, -0.25) is 5.10 Å². The van der Waals surface area contributed by atoms with E-state index in [0.717, 1.165) is 5.69 Å². The number of azo groups is 1. The molecule has 176 valence electrons. The largest absolute Gasteiger partial charge is 0.292 e. The van der Waals surface area contributed by atoms with Crippen LogP contribution in [0.15, 0.2) is 39.4 Å². The van der Waals surface area contributed by atoms with Crippen LogP contribution < -0.4 is 4.72 Å². The minimum Gasteiger partial charge on any atom is -0.292 e. The van der Waals surface area contributed by atoms with Crippen molar-refractivity contribution in [1.29, 1.82) is 5.26 Å². The fraction of sp³-hybridized carbons (Fsp3) is 0.333. The molecule has 0 bridgehead atoms. The summed E-state index contributed by atoms with van der Waals surface area (Å²) in [4.78, 5) is 0.109. The van der Waals surface area contributed by atoms with E-state index >= 15 is 0 Å². The van der Waals surface area contributed by atoms with Crippen molar-refractivity contribution in [2.45, 2.75) is 44.9 Å². The molecule has 0 aliphatic heterocycles. The Kier molecular flexibility index (Phi) is 5.58. The quantitative estimate of drug-likeness (QED) is 0.417. The SMILES string of the molecule is CNS(=O)(=O)c1ccc(-n2nc(C)c(C#N)c2N=Nc2c(C(C)(C)C)[nH]n3c(C)nnc23)cc1. The fourth-order valence-electron chi connectivity index (χ4n) is 3.44. The van der Waals surface area contributed by atoms with Crippen LogP contribution in [0.3, 0.4) is 0 Å². The van der Waals surface area contributed by atoms with Crippen molar-refractivity contribution in [2.24, 2.45) is 10.2 Å². The second-order valence-corrected chi connectivity index (χ2v) is 10.6. The van der Waals surface area contributed by atoms with Gasteiger partial charge in [0.15, 0.2) is 11.5 Å². The van der Waals surface area contributed by atoms with Crippen molar-refractivity contribution in [3.63, 3.8) is 0 Å². The molecule has 0 aliphatic carbocycles. The number of nitrogens with one attached hydrogen (secondary N) is 2. The molecule has 34 heavy (non-hydrogen) atoms. The molecule has 0 amide bonds. The van der Waals surface area contributed by atoms with Crippen LogP contribution in [-0.4, -0.2) is 45.1 Å². The topological polar surface area (TPSA) is 158 Å². The summed E-state index contributed by atoms with van der Waals surface area (Å²) in [5, 5.41) is 34.6. The van der Waals surface area contributed by atoms with Gasteiger partial charge in [0.1, 0.15) is 17.5 Å². The number of benzene rings is 1. The Labute approximate surface area is 196 Å². The molecule has 12 nitrogen and oxygen atoms in total. The predicted molar refractivity (Wildman–Crippen MR) is 124 cm³/mol. The Hall–Kier alpha value is -3.89. The van der Waals surface area contributed by atoms with E-state index in [9.17, 15) is 13.7 Å². The van der Waals surface area contributed by atoms with E-state index in [1.54, 1.807) is 23.6 Å². The maximum atomic E-state index is 12.0. The number of aromatic nitrogens is 6. The number of aryl methyl sites for hydroxylation is 2. The molecule has 0 aliphatic rings. The van der Waals surface area contributed by atoms with E-state index in [1.807, 2.05) is 27.7 Å². The Morgan fingerprint density at radius 3 is 2.38 bits per heavy atom. The lowest BCUT2D eigenvalue weighted by molar-refractivity contribution is 0.561. The lowest BCUT2D eigenvalue weighted by Crippen LogP contribution is -2.18. The van der Waals surface area contributed by atoms with E-state index in [4.69, 9.17) is 0 Å². The highest BCUT2D eigenvalue weighted by atomic mass is 32.2. The third-order valence-electron chi connectivity index (χ3n) is 5.30. The Balaban J connectivity index is 1.86. The lowest BCUT2D eigenvalue weighted by Gasteiger charge is -2.16. The van der Waals surface area contributed by atoms with Crippen molar-refractivity contribution >= 4 is 27.2 Å². The normalized spacial score (nSPS) is 12.6. The molecule has 0 unspecified atom stereocenters. The summed E-state index contributed by atoms with van der Waals surface area (Å²) >= 11 is 0. The number of H-pyrrole nitrogens is 1. The highest BCUT2D eigenvalue weighted by molar-refractivity contribution is 7.89. The number of sulfonamides is 1. The summed E-state index contributed by atoms with van der Waals surface area (Å²) in [5.74, 6) is 0.900. The van der Waals surface area contributed by atoms with E-state index < -0.39 is 10.0 Å². The standard InChI is InChI=1S/C21H24N10O2S/c1-12-16(11-22)19(31(28-12)14-7-9-15(10-8-14)34(32,33)23-6)26-25-17-18(21(3,4)5)29-30-13(2)24-27-20(17)30/h7-10,23,29H,1-6H3. The summed E-state index contributed by atoms with van der Waals surface area (Å²) in [5.41, 5.74) is 2.82. The van der Waals surface area contributed by atoms with Crippen LogP contribution in [0.5, 0.6) is 0 Å². The summed E-state index contributed by atoms with van der Waals surface area (Å²) < 4.78 is 29.6. The molecule has 3 heterocycles. The second-order valence-electron chi connectivity index (χ2n) is 8.70. The van der Waals surface area contributed by atoms with Gasteiger partial charge < -0.3 is 0 Å². The number of nitrogens with zero attached hydrogens (tertiary/aromatic N) is 8. The molecule has 4 aromatic rings. The molecular weight excluding hydrogens is 456 g/mol. The third-order valence-corrected chi connectivity index (χ3v) is 6.73. The number of fused-ring (bicyclic) bond motifs is 1. The Morgan fingerprint density at radius 1 is 1.12 bits per heavy atom. The number of nitriles is 1. The molecule has 2 N–H and O–H groups in total. The molecular formula is C21H24N10O2S. The first-order valence-corrected chi connectivity index (χ1v) is 11.9. The van der Waals surface area contributed by atoms with Crippen molar-refractivity contribution in [2.75, 3.05) is 7.05 Å². The summed E-state index contributed by atoms with van der Waals surface area (Å²) in [6.45, 7) is 9.64. The molecule has 3 aromatic heterocycles. The van der Waals surface area contributed by atoms with Gasteiger partial charge in [0.25, 0.3) is 0 Å². The van der Waals surface area contributed by atoms with E-state index in [0.29, 0.717) is 28.5 Å². The van der Waals surface area contributed by atoms with Gasteiger partial charge in [-0.05, 0) is 45.2 Å². The molecule has 0 saturated carbocycles. The van der Waals surface area contributed by atoms with Gasteiger partial charge in [-0.25, -0.2) is 22.3 Å². The average Bonchev–Trinajstić information content (AvgIpc) is 3.44. The number of rotatable bonds is 5. The third kappa shape index (κ3) is 3.87. The number of hydrogen-bond acceptors (Lipinski definition) is 8. The van der Waals surface area contributed by atoms with Gasteiger partial charge in [-0.15, -0.1) is 20.4 Å². The van der Waals surface area contributed by atoms with Crippen LogP contribution in [0.1, 0.15) is 43.5 Å². The predicted octanol–water partition coefficient (Wildman–Crippen LogP) is 3.35. The van der Waals surface area contributed by atoms with Crippen LogP contribution in [0.25, 0.3) is 11.3 Å². The zero-order chi connectivity index (χ0) is 24.8. The van der Waals surface area contributed by atoms with E-state index in [-0.39, 0.29) is 21.7 Å². The molecule has 1 aromatic carbocycles. The van der Waals surface area contributed by atoms with Crippen LogP contribution >= 0.6 is 0 Å². The van der Waals surface area contributed by atoms with Crippen LogP contribution in [0.2, 0.25) is 0 Å². The average molecular weight is 481 g/mol. The smallest absolute Gasteiger partial charge is 0.240 e. The van der Waals surface area contributed by atoms with Gasteiger partial charge in [0.2, 0.25) is 15.7 Å². The monoisotopic (exact) mass is 480 g/mol. The van der Waals surface area contributed by atoms with Crippen LogP contribution in [0.4, 0.5) is 11.5 Å². The van der Waals surface area contributed by atoms with Crippen molar-refractivity contribution in [1.82, 2.24) is 34.3 Å². The van der Waals surface area contributed by atoms with Gasteiger partial charge in [-0.1, -0.05) is 20.8 Å². The van der Waals surface area contributed by atoms with Crippen LogP contribution in [0, 0.1) is 25.2 Å². The maximum Gasteiger partial charge on any atom is 0.240 e. The van der Waals surface area contributed by atoms with Gasteiger partial charge in [0, 0.05) is 5.41 Å². The van der Waals surface area contributed by atoms with Crippen LogP contribution in [-0.2, 0) is 15.4 Å². The van der Waals surface area contributed by atoms with Gasteiger partial charge in [-0.2, -0.15) is 10.4 Å². The number of aromatic amines is 1. The van der Waals surface area contributed by atoms with E-state index in [1.165, 1.54) is 23.9 Å². The first kappa shape index (κ1) is 23.3. The molecule has 0 atom stereocenters. The zero-order valence-corrected chi connectivity index (χ0v) is 20.4. The Morgan fingerprint density at radius 2 is 1.79 bits per heavy atom.